The second kappa shape index (κ2) is 21.7. The van der Waals surface area contributed by atoms with Gasteiger partial charge in [0.25, 0.3) is 0 Å². The number of aliphatic imine (C=N–C) groups is 1. The molecule has 55 heavy (non-hydrogen) atoms. The Bertz CT molecular complexity index is 1520. The van der Waals surface area contributed by atoms with E-state index in [-0.39, 0.29) is 36.7 Å². The summed E-state index contributed by atoms with van der Waals surface area (Å²) in [6.07, 6.45) is 3.99. The van der Waals surface area contributed by atoms with Crippen LogP contribution in [0.4, 0.5) is 0 Å². The number of amides is 6. The number of aldehydes is 1. The maximum atomic E-state index is 14.0. The van der Waals surface area contributed by atoms with Crippen LogP contribution in [0.1, 0.15) is 78.2 Å². The van der Waals surface area contributed by atoms with E-state index in [9.17, 15) is 33.6 Å². The van der Waals surface area contributed by atoms with Gasteiger partial charge in [0, 0.05) is 26.1 Å². The number of carbonyl (C=O) groups is 7. The molecule has 6 amide bonds. The van der Waals surface area contributed by atoms with Crippen molar-refractivity contribution in [2.24, 2.45) is 34.0 Å². The van der Waals surface area contributed by atoms with E-state index in [1.165, 1.54) is 9.80 Å². The van der Waals surface area contributed by atoms with E-state index >= 15 is 0 Å². The first-order valence-electron chi connectivity index (χ1n) is 19.3. The third-order valence-electron chi connectivity index (χ3n) is 10.3. The van der Waals surface area contributed by atoms with Gasteiger partial charge in [-0.3, -0.25) is 33.8 Å². The van der Waals surface area contributed by atoms with E-state index in [1.807, 2.05) is 44.2 Å². The van der Waals surface area contributed by atoms with E-state index < -0.39 is 65.8 Å². The average Bonchev–Trinajstić information content (AvgIpc) is 3.87. The standard InChI is InChI=1S/C38H60N10O7/c1-5-24(4)32(36(54)45-28(22-49)23(2)3)46-34(52)27(20-25-12-7-6-8-13-25)44-35(53)29-15-10-19-48(29)37(55)30-16-11-18-47(30)31(50)21-43-33(51)26(39)14-9-17-42-38(40)41/h6-8,12-13,22-24,26-30,32H,5,9-11,14-21,39H2,1-4H3,(H,43,51)(H,44,53)(H,45,54)(H,46,52)(H4,40,41,42)/t24-,26-,27-,28+,29-,30-,32-/m0/s1. The lowest BCUT2D eigenvalue weighted by molar-refractivity contribution is -0.147. The molecule has 2 fully saturated rings. The molecule has 17 nitrogen and oxygen atoms in total. The molecule has 304 valence electrons. The Kier molecular flexibility index (Phi) is 17.5. The van der Waals surface area contributed by atoms with Gasteiger partial charge in [-0.15, -0.1) is 0 Å². The molecule has 17 heteroatoms. The van der Waals surface area contributed by atoms with Crippen LogP contribution in [0.25, 0.3) is 0 Å². The summed E-state index contributed by atoms with van der Waals surface area (Å²) in [4.78, 5) is 99.5. The molecular weight excluding hydrogens is 708 g/mol. The predicted molar refractivity (Wildman–Crippen MR) is 207 cm³/mol. The lowest BCUT2D eigenvalue weighted by Crippen LogP contribution is -2.60. The van der Waals surface area contributed by atoms with Crippen LogP contribution in [0.2, 0.25) is 0 Å². The second-order valence-corrected chi connectivity index (χ2v) is 14.7. The number of likely N-dealkylation sites (tertiary alicyclic amines) is 2. The number of rotatable bonds is 20. The van der Waals surface area contributed by atoms with Gasteiger partial charge in [0.2, 0.25) is 35.4 Å². The summed E-state index contributed by atoms with van der Waals surface area (Å²) in [5.74, 6) is -3.43. The van der Waals surface area contributed by atoms with Crippen LogP contribution in [0.3, 0.4) is 0 Å². The zero-order chi connectivity index (χ0) is 40.7. The fraction of sp³-hybridized carbons (Fsp3) is 0.632. The van der Waals surface area contributed by atoms with Crippen LogP contribution in [0, 0.1) is 11.8 Å². The number of nitrogens with one attached hydrogen (secondary N) is 4. The van der Waals surface area contributed by atoms with Crippen molar-refractivity contribution >= 4 is 47.7 Å². The third-order valence-corrected chi connectivity index (χ3v) is 10.3. The monoisotopic (exact) mass is 768 g/mol. The van der Waals surface area contributed by atoms with Gasteiger partial charge in [-0.05, 0) is 55.9 Å². The molecule has 7 atom stereocenters. The average molecular weight is 769 g/mol. The Morgan fingerprint density at radius 2 is 1.55 bits per heavy atom. The molecule has 0 radical (unpaired) electrons. The molecule has 3 rings (SSSR count). The lowest BCUT2D eigenvalue weighted by atomic mass is 9.96. The topological polar surface area (TPSA) is 265 Å². The SMILES string of the molecule is CC[C@H](C)[C@H](NC(=O)[C@H](Cc1ccccc1)NC(=O)[C@@H]1CCCN1C(=O)[C@@H]1CCCN1C(=O)CNC(=O)[C@@H](N)CCCN=C(N)N)C(=O)N[C@H](C=O)C(C)C. The van der Waals surface area contributed by atoms with Crippen molar-refractivity contribution in [3.8, 4) is 0 Å². The highest BCUT2D eigenvalue weighted by Gasteiger charge is 2.43. The molecule has 0 saturated carbocycles. The van der Waals surface area contributed by atoms with Gasteiger partial charge in [0.1, 0.15) is 30.5 Å². The van der Waals surface area contributed by atoms with Gasteiger partial charge in [0.15, 0.2) is 5.96 Å². The summed E-state index contributed by atoms with van der Waals surface area (Å²) in [7, 11) is 0. The highest BCUT2D eigenvalue weighted by atomic mass is 16.2. The molecule has 1 aromatic carbocycles. The number of guanidine groups is 1. The molecule has 2 heterocycles. The zero-order valence-electron chi connectivity index (χ0n) is 32.5. The molecular formula is C38H60N10O7. The summed E-state index contributed by atoms with van der Waals surface area (Å²) in [5, 5.41) is 11.0. The maximum Gasteiger partial charge on any atom is 0.246 e. The van der Waals surface area contributed by atoms with Gasteiger partial charge < -0.3 is 53.1 Å². The number of nitrogens with zero attached hydrogens (tertiary/aromatic N) is 3. The zero-order valence-corrected chi connectivity index (χ0v) is 32.5. The molecule has 0 bridgehead atoms. The quantitative estimate of drug-likeness (QED) is 0.0371. The maximum absolute atomic E-state index is 14.0. The van der Waals surface area contributed by atoms with Crippen LogP contribution in [-0.4, -0.2) is 120 Å². The molecule has 0 aromatic heterocycles. The first-order valence-corrected chi connectivity index (χ1v) is 19.3. The van der Waals surface area contributed by atoms with Crippen molar-refractivity contribution in [2.75, 3.05) is 26.2 Å². The molecule has 10 N–H and O–H groups in total. The van der Waals surface area contributed by atoms with E-state index in [1.54, 1.807) is 13.8 Å². The summed E-state index contributed by atoms with van der Waals surface area (Å²) in [6, 6.07) is 3.74. The summed E-state index contributed by atoms with van der Waals surface area (Å²) in [6.45, 7) is 7.90. The van der Waals surface area contributed by atoms with Crippen LogP contribution in [0.15, 0.2) is 35.3 Å². The number of nitrogens with two attached hydrogens (primary N) is 3. The number of benzene rings is 1. The summed E-state index contributed by atoms with van der Waals surface area (Å²) in [5.41, 5.74) is 17.4. The highest BCUT2D eigenvalue weighted by molar-refractivity contribution is 5.97. The Morgan fingerprint density at radius 1 is 0.891 bits per heavy atom. The van der Waals surface area contributed by atoms with Crippen LogP contribution < -0.4 is 38.5 Å². The van der Waals surface area contributed by atoms with Crippen molar-refractivity contribution in [1.82, 2.24) is 31.1 Å². The molecule has 1 aromatic rings. The summed E-state index contributed by atoms with van der Waals surface area (Å²) < 4.78 is 0. The lowest BCUT2D eigenvalue weighted by Gasteiger charge is -2.32. The van der Waals surface area contributed by atoms with Crippen molar-refractivity contribution in [3.05, 3.63) is 35.9 Å². The minimum Gasteiger partial charge on any atom is -0.370 e. The van der Waals surface area contributed by atoms with Crippen molar-refractivity contribution in [3.63, 3.8) is 0 Å². The fourth-order valence-electron chi connectivity index (χ4n) is 6.76. The fourth-order valence-corrected chi connectivity index (χ4v) is 6.76. The van der Waals surface area contributed by atoms with E-state index in [4.69, 9.17) is 17.2 Å². The largest absolute Gasteiger partial charge is 0.370 e. The van der Waals surface area contributed by atoms with Crippen LogP contribution in [0.5, 0.6) is 0 Å². The first-order chi connectivity index (χ1) is 26.2. The molecule has 0 aliphatic carbocycles. The Hall–Kier alpha value is -5.06. The van der Waals surface area contributed by atoms with Crippen LogP contribution in [-0.2, 0) is 40.0 Å². The van der Waals surface area contributed by atoms with Gasteiger partial charge in [-0.25, -0.2) is 0 Å². The molecule has 2 aliphatic heterocycles. The third kappa shape index (κ3) is 13.0. The molecule has 0 spiro atoms. The minimum absolute atomic E-state index is 0.0553. The number of hydrogen-bond donors (Lipinski definition) is 7. The smallest absolute Gasteiger partial charge is 0.246 e. The van der Waals surface area contributed by atoms with E-state index in [2.05, 4.69) is 26.3 Å². The van der Waals surface area contributed by atoms with Gasteiger partial charge in [0.05, 0.1) is 18.6 Å². The Morgan fingerprint density at radius 3 is 2.16 bits per heavy atom. The van der Waals surface area contributed by atoms with Gasteiger partial charge >= 0.3 is 0 Å². The number of hydrogen-bond acceptors (Lipinski definition) is 9. The molecule has 2 aliphatic rings. The molecule has 0 unspecified atom stereocenters. The normalized spacial score (nSPS) is 19.4. The number of carbonyl (C=O) groups excluding carboxylic acids is 7. The second-order valence-electron chi connectivity index (χ2n) is 14.7. The first kappa shape index (κ1) is 44.3. The van der Waals surface area contributed by atoms with Crippen molar-refractivity contribution in [1.29, 1.82) is 0 Å². The van der Waals surface area contributed by atoms with Crippen LogP contribution >= 0.6 is 0 Å². The van der Waals surface area contributed by atoms with Gasteiger partial charge in [-0.2, -0.15) is 0 Å². The predicted octanol–water partition coefficient (Wildman–Crippen LogP) is -0.936. The van der Waals surface area contributed by atoms with Crippen molar-refractivity contribution in [2.45, 2.75) is 115 Å². The summed E-state index contributed by atoms with van der Waals surface area (Å²) >= 11 is 0. The van der Waals surface area contributed by atoms with E-state index in [0.29, 0.717) is 70.9 Å². The van der Waals surface area contributed by atoms with Crippen molar-refractivity contribution < 1.29 is 33.6 Å². The Balaban J connectivity index is 1.71. The van der Waals surface area contributed by atoms with E-state index in [0.717, 1.165) is 5.56 Å². The molecule has 2 saturated heterocycles. The highest BCUT2D eigenvalue weighted by Crippen LogP contribution is 2.25. The Labute approximate surface area is 323 Å². The minimum atomic E-state index is -1.09. The van der Waals surface area contributed by atoms with Gasteiger partial charge in [-0.1, -0.05) is 64.4 Å².